The number of nitrogens with one attached hydrogen (secondary N) is 1. The van der Waals surface area contributed by atoms with Gasteiger partial charge in [0.25, 0.3) is 0 Å². The molecule has 0 aliphatic carbocycles. The summed E-state index contributed by atoms with van der Waals surface area (Å²) < 4.78 is 159. The lowest BCUT2D eigenvalue weighted by molar-refractivity contribution is -0.265. The molecule has 13 nitrogen and oxygen atoms in total. The molecule has 2 rings (SSSR count). The van der Waals surface area contributed by atoms with Gasteiger partial charge in [-0.05, 0) is 17.5 Å². The van der Waals surface area contributed by atoms with E-state index < -0.39 is 115 Å². The average Bonchev–Trinajstić information content (AvgIpc) is 2.90. The second-order valence-electron chi connectivity index (χ2n) is 10.2. The number of nitrogens with two attached hydrogens (primary N) is 2. The summed E-state index contributed by atoms with van der Waals surface area (Å²) in [4.78, 5) is 72.9. The minimum Gasteiger partial charge on any atom is -0.507 e. The number of ketones is 1. The summed E-state index contributed by atoms with van der Waals surface area (Å²) in [7, 11) is -12.7. The van der Waals surface area contributed by atoms with Gasteiger partial charge in [0.15, 0.2) is 5.78 Å². The summed E-state index contributed by atoms with van der Waals surface area (Å²) in [5, 5.41) is 12.4. The number of primary amides is 1. The third-order valence-corrected chi connectivity index (χ3v) is 8.62. The van der Waals surface area contributed by atoms with Gasteiger partial charge in [-0.3, -0.25) is 23.5 Å². The van der Waals surface area contributed by atoms with E-state index >= 15 is 0 Å². The SMILES string of the molecule is NC(=O)[C@H](Cc1ccc(C(F)(F)P(=O)(O)O)c(C(=O)C(C(F)(F)F)C(F)(F)F)c1O)NC(=O)[C@@H](N)Cc1ccc(C(F)(F)P(=O)(O)O)cc1. The first kappa shape index (κ1) is 41.6. The molecule has 2 aromatic rings. The number of carbonyl (C=O) groups excluding carboxylic acids is 3. The summed E-state index contributed by atoms with van der Waals surface area (Å²) in [6, 6.07) is -0.829. The Morgan fingerprint density at radius 3 is 1.63 bits per heavy atom. The Hall–Kier alpha value is -3.59. The molecule has 0 aliphatic rings. The van der Waals surface area contributed by atoms with Gasteiger partial charge >= 0.3 is 38.9 Å². The fourth-order valence-electron chi connectivity index (χ4n) is 4.16. The van der Waals surface area contributed by atoms with Crippen LogP contribution < -0.4 is 16.8 Å². The van der Waals surface area contributed by atoms with Gasteiger partial charge in [-0.15, -0.1) is 0 Å². The van der Waals surface area contributed by atoms with Gasteiger partial charge in [0, 0.05) is 17.5 Å². The van der Waals surface area contributed by atoms with Crippen LogP contribution in [0.15, 0.2) is 36.4 Å². The largest absolute Gasteiger partial charge is 0.507 e. The molecule has 0 radical (unpaired) electrons. The van der Waals surface area contributed by atoms with Crippen molar-refractivity contribution in [3.63, 3.8) is 0 Å². The van der Waals surface area contributed by atoms with Gasteiger partial charge in [-0.2, -0.15) is 43.9 Å². The van der Waals surface area contributed by atoms with E-state index in [9.17, 15) is 72.5 Å². The average molecular weight is 765 g/mol. The van der Waals surface area contributed by atoms with Crippen LogP contribution in [0, 0.1) is 5.92 Å². The molecule has 25 heteroatoms. The fourth-order valence-corrected chi connectivity index (χ4v) is 5.15. The van der Waals surface area contributed by atoms with Crippen LogP contribution in [0.4, 0.5) is 43.9 Å². The van der Waals surface area contributed by atoms with E-state index in [1.807, 2.05) is 5.32 Å². The van der Waals surface area contributed by atoms with E-state index in [2.05, 4.69) is 0 Å². The maximum Gasteiger partial charge on any atom is 0.407 e. The standard InChI is InChI=1S/C24H23F10N3O10P2/c25-21(26,27)18(22(28,29)30)17(39)15-12(24(33,34)49(45,46)47)6-3-10(16(15)38)8-14(19(36)40)37-20(41)13(35)7-9-1-4-11(5-2-9)23(31,32)48(42,43)44/h1-6,13-14,18,38H,7-8,35H2,(H2,36,40)(H,37,41)(H2,42,43,44)(H2,45,46,47)/t13-,14-/m0/s1. The van der Waals surface area contributed by atoms with E-state index in [0.29, 0.717) is 12.1 Å². The highest BCUT2D eigenvalue weighted by Crippen LogP contribution is 2.61. The van der Waals surface area contributed by atoms with E-state index in [4.69, 9.17) is 31.0 Å². The van der Waals surface area contributed by atoms with Gasteiger partial charge in [-0.25, -0.2) is 0 Å². The number of phenols is 1. The van der Waals surface area contributed by atoms with E-state index in [0.717, 1.165) is 12.1 Å². The minimum absolute atomic E-state index is 0.00482. The molecule has 0 saturated heterocycles. The number of Topliss-reactive ketones (excluding diaryl/α,β-unsaturated/α-hetero) is 1. The molecule has 0 bridgehead atoms. The zero-order chi connectivity index (χ0) is 38.3. The van der Waals surface area contributed by atoms with Crippen LogP contribution in [0.1, 0.15) is 32.6 Å². The van der Waals surface area contributed by atoms with Crippen LogP contribution in [0.25, 0.3) is 0 Å². The van der Waals surface area contributed by atoms with Gasteiger partial charge in [0.2, 0.25) is 17.7 Å². The van der Waals surface area contributed by atoms with Crippen molar-refractivity contribution >= 4 is 32.8 Å². The van der Waals surface area contributed by atoms with Gasteiger partial charge < -0.3 is 41.5 Å². The number of hydrogen-bond donors (Lipinski definition) is 8. The number of carbonyl (C=O) groups is 3. The molecule has 2 aromatic carbocycles. The van der Waals surface area contributed by atoms with Crippen molar-refractivity contribution < 1.29 is 92.1 Å². The fraction of sp³-hybridized carbons (Fsp3) is 0.375. The highest BCUT2D eigenvalue weighted by Gasteiger charge is 2.63. The van der Waals surface area contributed by atoms with Crippen molar-refractivity contribution in [2.75, 3.05) is 0 Å². The molecule has 10 N–H and O–H groups in total. The van der Waals surface area contributed by atoms with E-state index in [-0.39, 0.29) is 17.7 Å². The number of benzene rings is 2. The summed E-state index contributed by atoms with van der Waals surface area (Å²) in [5.74, 6) is -13.4. The molecule has 0 spiro atoms. The summed E-state index contributed by atoms with van der Waals surface area (Å²) >= 11 is 0. The highest BCUT2D eigenvalue weighted by molar-refractivity contribution is 7.52. The van der Waals surface area contributed by atoms with E-state index in [1.54, 1.807) is 0 Å². The third kappa shape index (κ3) is 9.15. The Balaban J connectivity index is 2.50. The number of hydrogen-bond acceptors (Lipinski definition) is 7. The quantitative estimate of drug-likeness (QED) is 0.0837. The molecule has 0 saturated carbocycles. The zero-order valence-corrected chi connectivity index (χ0v) is 25.5. The lowest BCUT2D eigenvalue weighted by atomic mass is 9.89. The van der Waals surface area contributed by atoms with Crippen molar-refractivity contribution in [1.82, 2.24) is 5.32 Å². The summed E-state index contributed by atoms with van der Waals surface area (Å²) in [5.41, 5.74) is -6.58. The Labute approximate surface area is 266 Å². The first-order valence-electron chi connectivity index (χ1n) is 12.7. The second-order valence-corrected chi connectivity index (χ2v) is 13.5. The second kappa shape index (κ2) is 14.0. The molecule has 0 heterocycles. The van der Waals surface area contributed by atoms with Crippen LogP contribution in [-0.2, 0) is 42.9 Å². The topological polar surface area (TPSA) is 251 Å². The van der Waals surface area contributed by atoms with E-state index in [1.165, 1.54) is 0 Å². The minimum atomic E-state index is -6.80. The summed E-state index contributed by atoms with van der Waals surface area (Å²) in [6.07, 6.45) is -14.9. The number of aromatic hydroxyl groups is 1. The Morgan fingerprint density at radius 2 is 1.22 bits per heavy atom. The molecule has 274 valence electrons. The first-order valence-corrected chi connectivity index (χ1v) is 15.9. The van der Waals surface area contributed by atoms with Crippen LogP contribution in [0.5, 0.6) is 5.75 Å². The molecule has 0 aliphatic heterocycles. The van der Waals surface area contributed by atoms with Gasteiger partial charge in [0.1, 0.15) is 11.8 Å². The number of rotatable bonds is 13. The van der Waals surface area contributed by atoms with Gasteiger partial charge in [-0.1, -0.05) is 36.4 Å². The number of amides is 2. The van der Waals surface area contributed by atoms with Crippen molar-refractivity contribution in [3.8, 4) is 5.75 Å². The van der Waals surface area contributed by atoms with Crippen molar-refractivity contribution in [2.24, 2.45) is 17.4 Å². The number of halogens is 10. The molecule has 0 fully saturated rings. The molecular formula is C24H23F10N3O10P2. The Bertz CT molecular complexity index is 1680. The molecule has 0 unspecified atom stereocenters. The molecule has 49 heavy (non-hydrogen) atoms. The molecular weight excluding hydrogens is 742 g/mol. The predicted octanol–water partition coefficient (Wildman–Crippen LogP) is 2.85. The Kier molecular flexibility index (Phi) is 11.9. The lowest BCUT2D eigenvalue weighted by Crippen LogP contribution is -2.52. The molecule has 2 atom stereocenters. The highest BCUT2D eigenvalue weighted by atomic mass is 31.2. The first-order chi connectivity index (χ1) is 21.9. The maximum atomic E-state index is 14.6. The Morgan fingerprint density at radius 1 is 0.755 bits per heavy atom. The maximum absolute atomic E-state index is 14.6. The third-order valence-electron chi connectivity index (χ3n) is 6.66. The monoisotopic (exact) mass is 765 g/mol. The summed E-state index contributed by atoms with van der Waals surface area (Å²) in [6.45, 7) is 0. The van der Waals surface area contributed by atoms with Crippen molar-refractivity contribution in [1.29, 1.82) is 0 Å². The van der Waals surface area contributed by atoms with Gasteiger partial charge in [0.05, 0.1) is 11.6 Å². The van der Waals surface area contributed by atoms with Crippen molar-refractivity contribution in [3.05, 3.63) is 64.2 Å². The van der Waals surface area contributed by atoms with Crippen LogP contribution in [-0.4, -0.2) is 66.7 Å². The molecule has 2 amide bonds. The lowest BCUT2D eigenvalue weighted by Gasteiger charge is -2.27. The normalized spacial score (nSPS) is 14.8. The smallest absolute Gasteiger partial charge is 0.407 e. The zero-order valence-electron chi connectivity index (χ0n) is 23.7. The van der Waals surface area contributed by atoms with Crippen LogP contribution in [0.3, 0.4) is 0 Å². The van der Waals surface area contributed by atoms with Crippen molar-refractivity contribution in [2.45, 2.75) is 48.6 Å². The number of alkyl halides is 10. The van der Waals surface area contributed by atoms with Crippen LogP contribution >= 0.6 is 15.2 Å². The molecule has 0 aromatic heterocycles. The van der Waals surface area contributed by atoms with Crippen LogP contribution in [0.2, 0.25) is 0 Å². The number of phenolic OH excluding ortho intramolecular Hbond substituents is 1. The predicted molar refractivity (Wildman–Crippen MR) is 143 cm³/mol.